The summed E-state index contributed by atoms with van der Waals surface area (Å²) >= 11 is 0. The predicted octanol–water partition coefficient (Wildman–Crippen LogP) is 1.91. The molecule has 1 N–H and O–H groups in total. The SMILES string of the molecule is O=C1NCCCn2c1cc1cc(F)ccc12. The molecule has 2 heterocycles. The van der Waals surface area contributed by atoms with E-state index in [0.29, 0.717) is 12.2 Å². The number of carbonyl (C=O) groups is 1. The summed E-state index contributed by atoms with van der Waals surface area (Å²) in [6, 6.07) is 6.37. The Morgan fingerprint density at radius 3 is 3.06 bits per heavy atom. The van der Waals surface area contributed by atoms with Crippen LogP contribution in [0.15, 0.2) is 24.3 Å². The molecule has 0 atom stereocenters. The number of aryl methyl sites for hydroxylation is 1. The van der Waals surface area contributed by atoms with Crippen LogP contribution in [0.1, 0.15) is 16.9 Å². The molecule has 1 amide bonds. The molecule has 0 spiro atoms. The van der Waals surface area contributed by atoms with Crippen LogP contribution in [0, 0.1) is 5.82 Å². The number of hydrogen-bond donors (Lipinski definition) is 1. The number of rotatable bonds is 0. The zero-order valence-corrected chi connectivity index (χ0v) is 8.66. The zero-order chi connectivity index (χ0) is 11.1. The molecule has 0 saturated carbocycles. The lowest BCUT2D eigenvalue weighted by atomic mass is 10.2. The maximum absolute atomic E-state index is 13.1. The van der Waals surface area contributed by atoms with Crippen molar-refractivity contribution in [2.75, 3.05) is 6.54 Å². The Bertz CT molecular complexity index is 574. The van der Waals surface area contributed by atoms with Crippen molar-refractivity contribution in [2.45, 2.75) is 13.0 Å². The van der Waals surface area contributed by atoms with Gasteiger partial charge in [-0.05, 0) is 30.7 Å². The number of hydrogen-bond acceptors (Lipinski definition) is 1. The highest BCUT2D eigenvalue weighted by atomic mass is 19.1. The number of nitrogens with one attached hydrogen (secondary N) is 1. The lowest BCUT2D eigenvalue weighted by Crippen LogP contribution is -2.22. The summed E-state index contributed by atoms with van der Waals surface area (Å²) in [5, 5.41) is 3.61. The smallest absolute Gasteiger partial charge is 0.267 e. The average molecular weight is 218 g/mol. The molecule has 0 bridgehead atoms. The number of nitrogens with zero attached hydrogens (tertiary/aromatic N) is 1. The Kier molecular flexibility index (Phi) is 1.96. The molecule has 1 aliphatic rings. The minimum absolute atomic E-state index is 0.0749. The Labute approximate surface area is 91.9 Å². The van der Waals surface area contributed by atoms with Crippen molar-refractivity contribution in [1.29, 1.82) is 0 Å². The highest BCUT2D eigenvalue weighted by Crippen LogP contribution is 2.22. The first-order chi connectivity index (χ1) is 7.75. The highest BCUT2D eigenvalue weighted by molar-refractivity contribution is 5.99. The van der Waals surface area contributed by atoms with E-state index in [4.69, 9.17) is 0 Å². The van der Waals surface area contributed by atoms with Gasteiger partial charge in [-0.15, -0.1) is 0 Å². The third-order valence-corrected chi connectivity index (χ3v) is 2.94. The average Bonchev–Trinajstić information content (AvgIpc) is 2.52. The molecule has 16 heavy (non-hydrogen) atoms. The lowest BCUT2D eigenvalue weighted by molar-refractivity contribution is 0.0951. The van der Waals surface area contributed by atoms with Crippen LogP contribution in [0.2, 0.25) is 0 Å². The zero-order valence-electron chi connectivity index (χ0n) is 8.66. The normalized spacial score (nSPS) is 15.7. The number of amides is 1. The van der Waals surface area contributed by atoms with E-state index in [1.54, 1.807) is 12.1 Å². The molecule has 0 radical (unpaired) electrons. The molecule has 1 aromatic carbocycles. The van der Waals surface area contributed by atoms with Gasteiger partial charge in [0.05, 0.1) is 0 Å². The van der Waals surface area contributed by atoms with Gasteiger partial charge in [-0.3, -0.25) is 4.79 Å². The Morgan fingerprint density at radius 2 is 2.19 bits per heavy atom. The fourth-order valence-electron chi connectivity index (χ4n) is 2.20. The van der Waals surface area contributed by atoms with Crippen LogP contribution in [-0.2, 0) is 6.54 Å². The van der Waals surface area contributed by atoms with Crippen LogP contribution in [-0.4, -0.2) is 17.0 Å². The van der Waals surface area contributed by atoms with Crippen molar-refractivity contribution in [3.63, 3.8) is 0 Å². The van der Waals surface area contributed by atoms with Crippen molar-refractivity contribution < 1.29 is 9.18 Å². The van der Waals surface area contributed by atoms with Crippen molar-refractivity contribution >= 4 is 16.8 Å². The van der Waals surface area contributed by atoms with Crippen LogP contribution < -0.4 is 5.32 Å². The van der Waals surface area contributed by atoms with Crippen LogP contribution >= 0.6 is 0 Å². The number of aromatic nitrogens is 1. The van der Waals surface area contributed by atoms with Gasteiger partial charge in [0.2, 0.25) is 0 Å². The molecule has 0 aliphatic carbocycles. The van der Waals surface area contributed by atoms with E-state index in [9.17, 15) is 9.18 Å². The maximum Gasteiger partial charge on any atom is 0.267 e. The van der Waals surface area contributed by atoms with Gasteiger partial charge in [0.1, 0.15) is 11.5 Å². The van der Waals surface area contributed by atoms with Crippen LogP contribution in [0.5, 0.6) is 0 Å². The fourth-order valence-corrected chi connectivity index (χ4v) is 2.20. The van der Waals surface area contributed by atoms with Crippen molar-refractivity contribution in [2.24, 2.45) is 0 Å². The molecule has 82 valence electrons. The molecule has 2 aromatic rings. The summed E-state index contributed by atoms with van der Waals surface area (Å²) in [7, 11) is 0. The minimum Gasteiger partial charge on any atom is -0.351 e. The van der Waals surface area contributed by atoms with Crippen LogP contribution in [0.4, 0.5) is 4.39 Å². The van der Waals surface area contributed by atoms with E-state index in [0.717, 1.165) is 23.9 Å². The molecule has 1 aliphatic heterocycles. The molecule has 3 rings (SSSR count). The summed E-state index contributed by atoms with van der Waals surface area (Å²) in [5.41, 5.74) is 1.55. The first-order valence-electron chi connectivity index (χ1n) is 5.33. The first kappa shape index (κ1) is 9.39. The lowest BCUT2D eigenvalue weighted by Gasteiger charge is -2.03. The minimum atomic E-state index is -0.270. The summed E-state index contributed by atoms with van der Waals surface area (Å²) in [5.74, 6) is -0.345. The highest BCUT2D eigenvalue weighted by Gasteiger charge is 2.17. The largest absolute Gasteiger partial charge is 0.351 e. The molecule has 0 unspecified atom stereocenters. The van der Waals surface area contributed by atoms with E-state index in [1.807, 2.05) is 4.57 Å². The standard InChI is InChI=1S/C12H11FN2O/c13-9-2-3-10-8(6-9)7-11-12(16)14-4-1-5-15(10)11/h2-3,6-7H,1,4-5H2,(H,14,16). The van der Waals surface area contributed by atoms with Gasteiger partial charge < -0.3 is 9.88 Å². The van der Waals surface area contributed by atoms with Gasteiger partial charge in [-0.1, -0.05) is 0 Å². The van der Waals surface area contributed by atoms with Gasteiger partial charge in [0.25, 0.3) is 5.91 Å². The van der Waals surface area contributed by atoms with E-state index in [1.165, 1.54) is 12.1 Å². The Morgan fingerprint density at radius 1 is 1.31 bits per heavy atom. The Hall–Kier alpha value is -1.84. The third-order valence-electron chi connectivity index (χ3n) is 2.94. The molecule has 3 nitrogen and oxygen atoms in total. The van der Waals surface area contributed by atoms with Gasteiger partial charge >= 0.3 is 0 Å². The molecular formula is C12H11FN2O. The molecule has 0 fully saturated rings. The maximum atomic E-state index is 13.1. The van der Waals surface area contributed by atoms with Gasteiger partial charge in [0, 0.05) is 24.0 Å². The van der Waals surface area contributed by atoms with E-state index in [-0.39, 0.29) is 11.7 Å². The van der Waals surface area contributed by atoms with Crippen molar-refractivity contribution in [3.05, 3.63) is 35.8 Å². The topological polar surface area (TPSA) is 34.0 Å². The third kappa shape index (κ3) is 1.30. The van der Waals surface area contributed by atoms with E-state index >= 15 is 0 Å². The Balaban J connectivity index is 2.29. The second-order valence-electron chi connectivity index (χ2n) is 3.99. The summed E-state index contributed by atoms with van der Waals surface area (Å²) in [6.07, 6.45) is 0.903. The van der Waals surface area contributed by atoms with Crippen LogP contribution in [0.25, 0.3) is 10.9 Å². The van der Waals surface area contributed by atoms with Crippen LogP contribution in [0.3, 0.4) is 0 Å². The van der Waals surface area contributed by atoms with E-state index < -0.39 is 0 Å². The quantitative estimate of drug-likeness (QED) is 0.720. The monoisotopic (exact) mass is 218 g/mol. The first-order valence-corrected chi connectivity index (χ1v) is 5.33. The van der Waals surface area contributed by atoms with E-state index in [2.05, 4.69) is 5.32 Å². The van der Waals surface area contributed by atoms with Gasteiger partial charge in [-0.2, -0.15) is 0 Å². The van der Waals surface area contributed by atoms with Crippen molar-refractivity contribution in [3.8, 4) is 0 Å². The number of carbonyl (C=O) groups excluding carboxylic acids is 1. The fraction of sp³-hybridized carbons (Fsp3) is 0.250. The molecule has 1 aromatic heterocycles. The molecule has 0 saturated heterocycles. The summed E-state index contributed by atoms with van der Waals surface area (Å²) in [4.78, 5) is 11.7. The molecule has 4 heteroatoms. The molecular weight excluding hydrogens is 207 g/mol. The second-order valence-corrected chi connectivity index (χ2v) is 3.99. The number of fused-ring (bicyclic) bond motifs is 3. The number of benzene rings is 1. The van der Waals surface area contributed by atoms with Crippen molar-refractivity contribution in [1.82, 2.24) is 9.88 Å². The van der Waals surface area contributed by atoms with Gasteiger partial charge in [-0.25, -0.2) is 4.39 Å². The summed E-state index contributed by atoms with van der Waals surface area (Å²) in [6.45, 7) is 1.49. The predicted molar refractivity (Wildman–Crippen MR) is 58.8 cm³/mol. The summed E-state index contributed by atoms with van der Waals surface area (Å²) < 4.78 is 15.0. The second kappa shape index (κ2) is 3.33. The van der Waals surface area contributed by atoms with Gasteiger partial charge in [0.15, 0.2) is 0 Å². The number of halogens is 1.